The largest absolute Gasteiger partial charge is 0.508 e. The molecule has 1 aromatic carbocycles. The number of ether oxygens (including phenoxy) is 1. The Bertz CT molecular complexity index is 670. The number of hydrogen-bond donors (Lipinski definition) is 1. The van der Waals surface area contributed by atoms with Crippen LogP contribution in [-0.4, -0.2) is 27.5 Å². The van der Waals surface area contributed by atoms with Crippen LogP contribution in [0.25, 0.3) is 10.9 Å². The number of hydrogen-bond acceptors (Lipinski definition) is 5. The fourth-order valence-electron chi connectivity index (χ4n) is 1.86. The number of benzene rings is 1. The van der Waals surface area contributed by atoms with Gasteiger partial charge in [0.2, 0.25) is 0 Å². The number of nitrogens with zero attached hydrogens (tertiary/aromatic N) is 3. The number of aromatic nitrogens is 2. The molecule has 1 aromatic heterocycles. The number of nitriles is 1. The first-order chi connectivity index (χ1) is 9.65. The number of esters is 1. The summed E-state index contributed by atoms with van der Waals surface area (Å²) in [5.41, 5.74) is 0.760. The van der Waals surface area contributed by atoms with Crippen molar-refractivity contribution in [2.24, 2.45) is 0 Å². The number of rotatable bonds is 5. The lowest BCUT2D eigenvalue weighted by Crippen LogP contribution is -2.15. The van der Waals surface area contributed by atoms with Crippen molar-refractivity contribution in [2.75, 3.05) is 6.61 Å². The van der Waals surface area contributed by atoms with Crippen LogP contribution < -0.4 is 0 Å². The van der Waals surface area contributed by atoms with Crippen molar-refractivity contribution >= 4 is 16.9 Å². The number of phenols is 1. The van der Waals surface area contributed by atoms with E-state index in [1.165, 1.54) is 16.8 Å². The number of unbranched alkanes of at least 4 members (excludes halogenated alkanes) is 1. The Morgan fingerprint density at radius 1 is 1.55 bits per heavy atom. The van der Waals surface area contributed by atoms with Crippen molar-refractivity contribution < 1.29 is 14.6 Å². The monoisotopic (exact) mass is 273 g/mol. The summed E-state index contributed by atoms with van der Waals surface area (Å²) in [7, 11) is 0. The zero-order valence-electron chi connectivity index (χ0n) is 11.2. The first-order valence-electron chi connectivity index (χ1n) is 6.41. The fraction of sp³-hybridized carbons (Fsp3) is 0.357. The molecule has 1 N–H and O–H groups in total. The molecule has 2 rings (SSSR count). The summed E-state index contributed by atoms with van der Waals surface area (Å²) in [5, 5.41) is 23.2. The summed E-state index contributed by atoms with van der Waals surface area (Å²) in [6, 6.07) is 6.53. The maximum Gasteiger partial charge on any atom is 0.327 e. The molecule has 6 nitrogen and oxygen atoms in total. The number of carbonyl (C=O) groups excluding carboxylic acids is 1. The molecule has 0 atom stereocenters. The number of fused-ring (bicyclic) bond motifs is 1. The van der Waals surface area contributed by atoms with Crippen LogP contribution in [0.3, 0.4) is 0 Å². The van der Waals surface area contributed by atoms with Crippen molar-refractivity contribution in [1.82, 2.24) is 9.78 Å². The molecule has 1 heterocycles. The van der Waals surface area contributed by atoms with Crippen molar-refractivity contribution in [3.63, 3.8) is 0 Å². The van der Waals surface area contributed by atoms with E-state index in [0.717, 1.165) is 12.8 Å². The minimum Gasteiger partial charge on any atom is -0.508 e. The van der Waals surface area contributed by atoms with E-state index in [1.54, 1.807) is 6.07 Å². The van der Waals surface area contributed by atoms with E-state index in [2.05, 4.69) is 5.10 Å². The normalized spacial score (nSPS) is 10.4. The summed E-state index contributed by atoms with van der Waals surface area (Å²) in [6.07, 6.45) is 1.76. The highest BCUT2D eigenvalue weighted by atomic mass is 16.5. The third-order valence-corrected chi connectivity index (χ3v) is 2.88. The molecule has 2 aromatic rings. The molecular weight excluding hydrogens is 258 g/mol. The molecule has 0 aliphatic rings. The molecule has 0 bridgehead atoms. The average molecular weight is 273 g/mol. The van der Waals surface area contributed by atoms with Gasteiger partial charge in [0.25, 0.3) is 0 Å². The Morgan fingerprint density at radius 3 is 3.05 bits per heavy atom. The van der Waals surface area contributed by atoms with Crippen molar-refractivity contribution in [2.45, 2.75) is 26.3 Å². The summed E-state index contributed by atoms with van der Waals surface area (Å²) in [6.45, 7) is 2.31. The number of carbonyl (C=O) groups is 1. The highest BCUT2D eigenvalue weighted by molar-refractivity contribution is 5.86. The lowest BCUT2D eigenvalue weighted by molar-refractivity contribution is -0.144. The summed E-state index contributed by atoms with van der Waals surface area (Å²) in [4.78, 5) is 11.7. The first-order valence-corrected chi connectivity index (χ1v) is 6.41. The molecule has 0 spiro atoms. The topological polar surface area (TPSA) is 88.1 Å². The van der Waals surface area contributed by atoms with E-state index in [0.29, 0.717) is 17.5 Å². The van der Waals surface area contributed by atoms with Gasteiger partial charge in [-0.25, -0.2) is 0 Å². The van der Waals surface area contributed by atoms with Gasteiger partial charge in [-0.05, 0) is 18.6 Å². The van der Waals surface area contributed by atoms with Gasteiger partial charge in [0.1, 0.15) is 18.4 Å². The Balaban J connectivity index is 2.24. The summed E-state index contributed by atoms with van der Waals surface area (Å²) < 4.78 is 6.44. The molecule has 0 saturated carbocycles. The van der Waals surface area contributed by atoms with E-state index in [9.17, 15) is 9.90 Å². The predicted octanol–water partition coefficient (Wildman–Crippen LogP) is 1.96. The van der Waals surface area contributed by atoms with Gasteiger partial charge in [-0.15, -0.1) is 0 Å². The highest BCUT2D eigenvalue weighted by Gasteiger charge is 2.14. The summed E-state index contributed by atoms with van der Waals surface area (Å²) in [5.74, 6) is -0.349. The van der Waals surface area contributed by atoms with Gasteiger partial charge < -0.3 is 9.84 Å². The molecule has 6 heteroatoms. The molecule has 0 saturated heterocycles. The van der Waals surface area contributed by atoms with Crippen molar-refractivity contribution in [1.29, 1.82) is 5.26 Å². The van der Waals surface area contributed by atoms with E-state index in [1.807, 2.05) is 13.0 Å². The van der Waals surface area contributed by atoms with E-state index in [4.69, 9.17) is 10.00 Å². The molecule has 0 unspecified atom stereocenters. The number of aromatic hydroxyl groups is 1. The summed E-state index contributed by atoms with van der Waals surface area (Å²) >= 11 is 0. The van der Waals surface area contributed by atoms with Crippen LogP contribution in [0.15, 0.2) is 18.2 Å². The van der Waals surface area contributed by atoms with E-state index < -0.39 is 5.97 Å². The molecule has 104 valence electrons. The minimum atomic E-state index is -0.407. The Morgan fingerprint density at radius 2 is 2.35 bits per heavy atom. The van der Waals surface area contributed by atoms with Gasteiger partial charge in [-0.3, -0.25) is 9.48 Å². The number of phenolic OH excluding ortho intramolecular Hbond substituents is 1. The van der Waals surface area contributed by atoms with Gasteiger partial charge in [0.05, 0.1) is 12.1 Å². The fourth-order valence-corrected chi connectivity index (χ4v) is 1.86. The Hall–Kier alpha value is -2.55. The van der Waals surface area contributed by atoms with Crippen LogP contribution in [0.5, 0.6) is 5.75 Å². The third kappa shape index (κ3) is 2.88. The zero-order valence-corrected chi connectivity index (χ0v) is 11.2. The average Bonchev–Trinajstić information content (AvgIpc) is 2.76. The first kappa shape index (κ1) is 13.9. The van der Waals surface area contributed by atoms with Crippen LogP contribution in [0.1, 0.15) is 25.5 Å². The van der Waals surface area contributed by atoms with E-state index in [-0.39, 0.29) is 18.0 Å². The molecule has 0 radical (unpaired) electrons. The molecule has 0 fully saturated rings. The Labute approximate surface area is 116 Å². The highest BCUT2D eigenvalue weighted by Crippen LogP contribution is 2.22. The maximum absolute atomic E-state index is 11.7. The molecule has 0 aliphatic carbocycles. The van der Waals surface area contributed by atoms with Gasteiger partial charge in [-0.1, -0.05) is 13.3 Å². The second-order valence-electron chi connectivity index (χ2n) is 4.39. The minimum absolute atomic E-state index is 0.0579. The molecule has 0 amide bonds. The zero-order chi connectivity index (χ0) is 14.5. The van der Waals surface area contributed by atoms with Crippen LogP contribution in [0.2, 0.25) is 0 Å². The van der Waals surface area contributed by atoms with Gasteiger partial charge in [0.15, 0.2) is 5.69 Å². The van der Waals surface area contributed by atoms with Gasteiger partial charge in [0, 0.05) is 11.5 Å². The standard InChI is InChI=1S/C14H15N3O3/c1-2-3-6-20-14(19)9-17-13-7-10(18)4-5-11(13)12(8-15)16-17/h4-5,7,18H,2-3,6,9H2,1H3. The van der Waals surface area contributed by atoms with Gasteiger partial charge in [-0.2, -0.15) is 10.4 Å². The van der Waals surface area contributed by atoms with Crippen molar-refractivity contribution in [3.8, 4) is 11.8 Å². The smallest absolute Gasteiger partial charge is 0.327 e. The molecule has 20 heavy (non-hydrogen) atoms. The third-order valence-electron chi connectivity index (χ3n) is 2.88. The Kier molecular flexibility index (Phi) is 4.20. The van der Waals surface area contributed by atoms with Crippen LogP contribution in [0, 0.1) is 11.3 Å². The molecular formula is C14H15N3O3. The van der Waals surface area contributed by atoms with Crippen molar-refractivity contribution in [3.05, 3.63) is 23.9 Å². The van der Waals surface area contributed by atoms with Crippen LogP contribution >= 0.6 is 0 Å². The van der Waals surface area contributed by atoms with E-state index >= 15 is 0 Å². The SMILES string of the molecule is CCCCOC(=O)Cn1nc(C#N)c2ccc(O)cc21. The predicted molar refractivity (Wildman–Crippen MR) is 72.0 cm³/mol. The lowest BCUT2D eigenvalue weighted by Gasteiger charge is -2.05. The van der Waals surface area contributed by atoms with Crippen LogP contribution in [-0.2, 0) is 16.1 Å². The second-order valence-corrected chi connectivity index (χ2v) is 4.39. The molecule has 0 aliphatic heterocycles. The maximum atomic E-state index is 11.7. The second kappa shape index (κ2) is 6.06. The lowest BCUT2D eigenvalue weighted by atomic mass is 10.2. The van der Waals surface area contributed by atoms with Crippen LogP contribution in [0.4, 0.5) is 0 Å². The quantitative estimate of drug-likeness (QED) is 0.664. The van der Waals surface area contributed by atoms with Gasteiger partial charge >= 0.3 is 5.97 Å².